The standard InChI is InChI=1S/C11H11F3N2OS/c12-11(13,14)7-1-2-8-6(3-7)5-18-9(4-16-8)10(15)17/h1-3,9,16H,4-5H2,(H2,15,17)/t9-/m1/s1. The molecule has 0 aliphatic carbocycles. The summed E-state index contributed by atoms with van der Waals surface area (Å²) in [7, 11) is 0. The number of anilines is 1. The molecule has 0 spiro atoms. The molecule has 0 bridgehead atoms. The van der Waals surface area contributed by atoms with Crippen molar-refractivity contribution in [2.45, 2.75) is 17.2 Å². The number of primary amides is 1. The Bertz CT molecular complexity index is 476. The second-order valence-electron chi connectivity index (χ2n) is 3.95. The lowest BCUT2D eigenvalue weighted by Gasteiger charge is -2.11. The molecule has 0 radical (unpaired) electrons. The van der Waals surface area contributed by atoms with Gasteiger partial charge in [0.15, 0.2) is 0 Å². The van der Waals surface area contributed by atoms with Gasteiger partial charge in [-0.15, -0.1) is 11.8 Å². The van der Waals surface area contributed by atoms with Crippen LogP contribution in [0.3, 0.4) is 0 Å². The monoisotopic (exact) mass is 276 g/mol. The Morgan fingerprint density at radius 3 is 2.78 bits per heavy atom. The number of thioether (sulfide) groups is 1. The lowest BCUT2D eigenvalue weighted by Crippen LogP contribution is -2.31. The molecule has 98 valence electrons. The molecule has 0 aromatic heterocycles. The highest BCUT2D eigenvalue weighted by Crippen LogP contribution is 2.35. The predicted molar refractivity (Wildman–Crippen MR) is 64.2 cm³/mol. The summed E-state index contributed by atoms with van der Waals surface area (Å²) < 4.78 is 37.7. The van der Waals surface area contributed by atoms with Crippen LogP contribution in [0.15, 0.2) is 18.2 Å². The minimum absolute atomic E-state index is 0.332. The lowest BCUT2D eigenvalue weighted by molar-refractivity contribution is -0.137. The molecule has 1 aliphatic rings. The smallest absolute Gasteiger partial charge is 0.383 e. The van der Waals surface area contributed by atoms with Crippen molar-refractivity contribution in [3.63, 3.8) is 0 Å². The van der Waals surface area contributed by atoms with Gasteiger partial charge in [0.05, 0.1) is 5.56 Å². The third-order valence-electron chi connectivity index (χ3n) is 2.67. The quantitative estimate of drug-likeness (QED) is 0.827. The third-order valence-corrected chi connectivity index (χ3v) is 3.95. The van der Waals surface area contributed by atoms with Crippen LogP contribution in [-0.4, -0.2) is 17.7 Å². The molecular formula is C11H11F3N2OS. The van der Waals surface area contributed by atoms with Crippen molar-refractivity contribution in [3.8, 4) is 0 Å². The first-order chi connectivity index (χ1) is 8.38. The van der Waals surface area contributed by atoms with Crippen LogP contribution in [0.1, 0.15) is 11.1 Å². The molecule has 1 heterocycles. The number of fused-ring (bicyclic) bond motifs is 1. The minimum atomic E-state index is -4.35. The molecule has 2 rings (SSSR count). The average molecular weight is 276 g/mol. The van der Waals surface area contributed by atoms with Gasteiger partial charge >= 0.3 is 6.18 Å². The molecule has 1 amide bonds. The van der Waals surface area contributed by atoms with E-state index in [1.165, 1.54) is 17.8 Å². The Labute approximate surface area is 106 Å². The molecule has 1 aromatic rings. The molecule has 7 heteroatoms. The van der Waals surface area contributed by atoms with Crippen LogP contribution in [0, 0.1) is 0 Å². The van der Waals surface area contributed by atoms with Crippen LogP contribution >= 0.6 is 11.8 Å². The van der Waals surface area contributed by atoms with Gasteiger partial charge in [0, 0.05) is 18.0 Å². The van der Waals surface area contributed by atoms with Gasteiger partial charge in [-0.1, -0.05) is 0 Å². The van der Waals surface area contributed by atoms with Gasteiger partial charge in [-0.3, -0.25) is 4.79 Å². The van der Waals surface area contributed by atoms with Gasteiger partial charge in [-0.25, -0.2) is 0 Å². The second kappa shape index (κ2) is 4.72. The van der Waals surface area contributed by atoms with Gasteiger partial charge in [0.2, 0.25) is 5.91 Å². The van der Waals surface area contributed by atoms with Gasteiger partial charge in [-0.05, 0) is 23.8 Å². The molecule has 0 fully saturated rings. The molecule has 18 heavy (non-hydrogen) atoms. The average Bonchev–Trinajstić information content (AvgIpc) is 2.48. The van der Waals surface area contributed by atoms with E-state index in [1.54, 1.807) is 0 Å². The summed E-state index contributed by atoms with van der Waals surface area (Å²) in [6, 6.07) is 3.53. The van der Waals surface area contributed by atoms with Crippen molar-refractivity contribution >= 4 is 23.4 Å². The van der Waals surface area contributed by atoms with E-state index in [0.29, 0.717) is 23.5 Å². The van der Waals surface area contributed by atoms with Crippen molar-refractivity contribution in [2.75, 3.05) is 11.9 Å². The predicted octanol–water partition coefficient (Wildman–Crippen LogP) is 2.22. The normalized spacial score (nSPS) is 19.6. The number of halogens is 3. The van der Waals surface area contributed by atoms with E-state index >= 15 is 0 Å². The number of carbonyl (C=O) groups is 1. The fraction of sp³-hybridized carbons (Fsp3) is 0.364. The van der Waals surface area contributed by atoms with E-state index in [1.807, 2.05) is 0 Å². The Morgan fingerprint density at radius 2 is 2.17 bits per heavy atom. The first kappa shape index (κ1) is 13.1. The zero-order valence-electron chi connectivity index (χ0n) is 9.25. The largest absolute Gasteiger partial charge is 0.416 e. The zero-order chi connectivity index (χ0) is 13.3. The molecule has 1 aromatic carbocycles. The van der Waals surface area contributed by atoms with Crippen molar-refractivity contribution in [1.82, 2.24) is 0 Å². The van der Waals surface area contributed by atoms with Crippen molar-refractivity contribution in [2.24, 2.45) is 5.73 Å². The summed E-state index contributed by atoms with van der Waals surface area (Å²) in [5.74, 6) is -0.129. The molecule has 0 saturated heterocycles. The number of rotatable bonds is 1. The third kappa shape index (κ3) is 2.72. The SMILES string of the molecule is NC(=O)[C@H]1CNc2ccc(C(F)(F)F)cc2CS1. The minimum Gasteiger partial charge on any atom is -0.383 e. The molecule has 1 aliphatic heterocycles. The number of carbonyl (C=O) groups excluding carboxylic acids is 1. The van der Waals surface area contributed by atoms with Crippen molar-refractivity contribution in [1.29, 1.82) is 0 Å². The number of amides is 1. The fourth-order valence-electron chi connectivity index (χ4n) is 1.70. The van der Waals surface area contributed by atoms with Crippen LogP contribution in [-0.2, 0) is 16.7 Å². The Hall–Kier alpha value is -1.37. The van der Waals surface area contributed by atoms with Crippen LogP contribution in [0.4, 0.5) is 18.9 Å². The van der Waals surface area contributed by atoms with Crippen molar-refractivity contribution in [3.05, 3.63) is 29.3 Å². The molecular weight excluding hydrogens is 265 g/mol. The van der Waals surface area contributed by atoms with E-state index in [4.69, 9.17) is 5.73 Å². The Morgan fingerprint density at radius 1 is 1.44 bits per heavy atom. The number of nitrogens with one attached hydrogen (secondary N) is 1. The summed E-state index contributed by atoms with van der Waals surface area (Å²) in [5, 5.41) is 2.52. The second-order valence-corrected chi connectivity index (χ2v) is 5.14. The highest BCUT2D eigenvalue weighted by Gasteiger charge is 2.31. The van der Waals surface area contributed by atoms with Gasteiger partial charge in [0.25, 0.3) is 0 Å². The first-order valence-corrected chi connectivity index (χ1v) is 6.27. The summed E-state index contributed by atoms with van der Waals surface area (Å²) in [6.45, 7) is 0.332. The maximum atomic E-state index is 12.6. The molecule has 3 nitrogen and oxygen atoms in total. The van der Waals surface area contributed by atoms with Crippen LogP contribution in [0.5, 0.6) is 0 Å². The highest BCUT2D eigenvalue weighted by atomic mass is 32.2. The van der Waals surface area contributed by atoms with Gasteiger partial charge in [0.1, 0.15) is 5.25 Å². The fourth-order valence-corrected chi connectivity index (χ4v) is 2.68. The number of benzene rings is 1. The molecule has 0 saturated carbocycles. The van der Waals surface area contributed by atoms with E-state index in [2.05, 4.69) is 5.32 Å². The maximum absolute atomic E-state index is 12.6. The molecule has 1 atom stereocenters. The highest BCUT2D eigenvalue weighted by molar-refractivity contribution is 7.99. The Balaban J connectivity index is 2.26. The number of alkyl halides is 3. The van der Waals surface area contributed by atoms with E-state index in [-0.39, 0.29) is 0 Å². The summed E-state index contributed by atoms with van der Waals surface area (Å²) in [4.78, 5) is 11.1. The number of nitrogens with two attached hydrogens (primary N) is 1. The summed E-state index contributed by atoms with van der Waals surface area (Å²) >= 11 is 1.25. The topological polar surface area (TPSA) is 55.1 Å². The lowest BCUT2D eigenvalue weighted by atomic mass is 10.1. The molecule has 3 N–H and O–H groups in total. The van der Waals surface area contributed by atoms with Crippen LogP contribution in [0.2, 0.25) is 0 Å². The van der Waals surface area contributed by atoms with Crippen molar-refractivity contribution < 1.29 is 18.0 Å². The Kier molecular flexibility index (Phi) is 3.43. The number of hydrogen-bond donors (Lipinski definition) is 2. The summed E-state index contributed by atoms with van der Waals surface area (Å²) in [5.41, 5.74) is 5.68. The van der Waals surface area contributed by atoms with Gasteiger partial charge < -0.3 is 11.1 Å². The van der Waals surface area contributed by atoms with E-state index in [0.717, 1.165) is 12.1 Å². The van der Waals surface area contributed by atoms with Crippen LogP contribution in [0.25, 0.3) is 0 Å². The zero-order valence-corrected chi connectivity index (χ0v) is 10.1. The first-order valence-electron chi connectivity index (χ1n) is 5.23. The van der Waals surface area contributed by atoms with Gasteiger partial charge in [-0.2, -0.15) is 13.2 Å². The summed E-state index contributed by atoms with van der Waals surface area (Å²) in [6.07, 6.45) is -4.35. The maximum Gasteiger partial charge on any atom is 0.416 e. The van der Waals surface area contributed by atoms with Crippen LogP contribution < -0.4 is 11.1 Å². The number of hydrogen-bond acceptors (Lipinski definition) is 3. The van der Waals surface area contributed by atoms with E-state index in [9.17, 15) is 18.0 Å². The molecule has 0 unspecified atom stereocenters. The van der Waals surface area contributed by atoms with E-state index < -0.39 is 22.9 Å².